The molecule has 2 aromatic rings. The highest BCUT2D eigenvalue weighted by Gasteiger charge is 2.38. The van der Waals surface area contributed by atoms with Crippen molar-refractivity contribution in [1.82, 2.24) is 0 Å². The highest BCUT2D eigenvalue weighted by atomic mass is 16.5. The molecule has 2 aromatic carbocycles. The molecule has 7 nitrogen and oxygen atoms in total. The van der Waals surface area contributed by atoms with Crippen molar-refractivity contribution in [3.63, 3.8) is 0 Å². The molecule has 0 spiro atoms. The van der Waals surface area contributed by atoms with Crippen molar-refractivity contribution < 1.29 is 23.9 Å². The molecule has 2 saturated heterocycles. The Morgan fingerprint density at radius 3 is 2.18 bits per heavy atom. The van der Waals surface area contributed by atoms with Crippen LogP contribution in [0.5, 0.6) is 5.75 Å². The number of para-hydroxylation sites is 1. The van der Waals surface area contributed by atoms with Crippen LogP contribution in [0.4, 0.5) is 11.4 Å². The third-order valence-corrected chi connectivity index (χ3v) is 6.37. The van der Waals surface area contributed by atoms with Gasteiger partial charge >= 0.3 is 5.97 Å². The van der Waals surface area contributed by atoms with Crippen LogP contribution in [0.1, 0.15) is 49.8 Å². The van der Waals surface area contributed by atoms with Gasteiger partial charge in [-0.1, -0.05) is 32.0 Å². The number of carbonyl (C=O) groups is 4. The first-order chi connectivity index (χ1) is 15.8. The third-order valence-electron chi connectivity index (χ3n) is 6.37. The molecule has 0 bridgehead atoms. The summed E-state index contributed by atoms with van der Waals surface area (Å²) in [6.45, 7) is 6.16. The van der Waals surface area contributed by atoms with Gasteiger partial charge in [0, 0.05) is 31.5 Å². The van der Waals surface area contributed by atoms with Gasteiger partial charge in [-0.3, -0.25) is 24.1 Å². The van der Waals surface area contributed by atoms with Crippen LogP contribution in [0, 0.1) is 12.8 Å². The predicted octanol–water partition coefficient (Wildman–Crippen LogP) is 3.73. The molecule has 0 aromatic heterocycles. The van der Waals surface area contributed by atoms with E-state index in [2.05, 4.69) is 13.8 Å². The molecule has 2 aliphatic heterocycles. The first-order valence-electron chi connectivity index (χ1n) is 11.4. The van der Waals surface area contributed by atoms with Crippen molar-refractivity contribution >= 4 is 35.1 Å². The van der Waals surface area contributed by atoms with Crippen LogP contribution in [0.3, 0.4) is 0 Å². The highest BCUT2D eigenvalue weighted by Crippen LogP contribution is 2.34. The number of esters is 1. The maximum Gasteiger partial charge on any atom is 0.316 e. The van der Waals surface area contributed by atoms with E-state index in [0.717, 1.165) is 29.7 Å². The van der Waals surface area contributed by atoms with E-state index in [1.165, 1.54) is 4.90 Å². The van der Waals surface area contributed by atoms with Gasteiger partial charge in [-0.25, -0.2) is 0 Å². The molecule has 7 heteroatoms. The molecule has 3 amide bonds. The molecule has 0 radical (unpaired) electrons. The molecule has 4 rings (SSSR count). The van der Waals surface area contributed by atoms with Crippen LogP contribution in [-0.2, 0) is 32.0 Å². The molecule has 2 heterocycles. The summed E-state index contributed by atoms with van der Waals surface area (Å²) in [6.07, 6.45) is 2.13. The predicted molar refractivity (Wildman–Crippen MR) is 124 cm³/mol. The summed E-state index contributed by atoms with van der Waals surface area (Å²) in [5.41, 5.74) is 4.27. The summed E-state index contributed by atoms with van der Waals surface area (Å²) in [5.74, 6) is -1.22. The summed E-state index contributed by atoms with van der Waals surface area (Å²) >= 11 is 0. The van der Waals surface area contributed by atoms with E-state index >= 15 is 0 Å². The number of hydrogen-bond donors (Lipinski definition) is 0. The van der Waals surface area contributed by atoms with E-state index in [9.17, 15) is 19.2 Å². The number of rotatable bonds is 6. The smallest absolute Gasteiger partial charge is 0.316 e. The number of anilines is 2. The normalized spacial score (nSPS) is 18.4. The van der Waals surface area contributed by atoms with Crippen molar-refractivity contribution in [2.45, 2.75) is 52.9 Å². The Labute approximate surface area is 193 Å². The zero-order chi connectivity index (χ0) is 23.7. The Kier molecular flexibility index (Phi) is 6.31. The molecule has 2 fully saturated rings. The zero-order valence-electron chi connectivity index (χ0n) is 19.2. The summed E-state index contributed by atoms with van der Waals surface area (Å²) in [4.78, 5) is 52.7. The molecule has 0 aliphatic carbocycles. The van der Waals surface area contributed by atoms with Crippen molar-refractivity contribution in [2.24, 2.45) is 5.92 Å². The lowest BCUT2D eigenvalue weighted by Crippen LogP contribution is -2.29. The molecule has 1 atom stereocenters. The van der Waals surface area contributed by atoms with Gasteiger partial charge in [-0.2, -0.15) is 0 Å². The van der Waals surface area contributed by atoms with Gasteiger partial charge in [-0.15, -0.1) is 0 Å². The van der Waals surface area contributed by atoms with Gasteiger partial charge in [0.2, 0.25) is 17.7 Å². The lowest BCUT2D eigenvalue weighted by Gasteiger charge is -2.23. The molecule has 0 N–H and O–H groups in total. The number of benzene rings is 2. The average molecular weight is 449 g/mol. The number of amides is 3. The van der Waals surface area contributed by atoms with Crippen molar-refractivity contribution in [2.75, 3.05) is 16.3 Å². The summed E-state index contributed by atoms with van der Waals surface area (Å²) in [6, 6.07) is 10.9. The van der Waals surface area contributed by atoms with Gasteiger partial charge in [0.1, 0.15) is 5.75 Å². The quantitative estimate of drug-likeness (QED) is 0.382. The fourth-order valence-corrected chi connectivity index (χ4v) is 4.63. The largest absolute Gasteiger partial charge is 0.426 e. The minimum atomic E-state index is -0.561. The Morgan fingerprint density at radius 2 is 1.61 bits per heavy atom. The highest BCUT2D eigenvalue weighted by molar-refractivity contribution is 6.20. The van der Waals surface area contributed by atoms with Crippen LogP contribution < -0.4 is 14.5 Å². The lowest BCUT2D eigenvalue weighted by molar-refractivity contribution is -0.139. The van der Waals surface area contributed by atoms with Crippen LogP contribution in [-0.4, -0.2) is 30.2 Å². The summed E-state index contributed by atoms with van der Waals surface area (Å²) < 4.78 is 5.59. The molecule has 2 aliphatic rings. The summed E-state index contributed by atoms with van der Waals surface area (Å²) in [7, 11) is 0. The topological polar surface area (TPSA) is 84.0 Å². The molecule has 0 saturated carbocycles. The van der Waals surface area contributed by atoms with Crippen molar-refractivity contribution in [3.05, 3.63) is 53.1 Å². The van der Waals surface area contributed by atoms with Gasteiger partial charge in [-0.05, 0) is 54.7 Å². The monoisotopic (exact) mass is 448 g/mol. The minimum absolute atomic E-state index is 0.0786. The second kappa shape index (κ2) is 9.17. The van der Waals surface area contributed by atoms with Crippen molar-refractivity contribution in [3.8, 4) is 5.75 Å². The second-order valence-electron chi connectivity index (χ2n) is 8.53. The Morgan fingerprint density at radius 1 is 0.970 bits per heavy atom. The van der Waals surface area contributed by atoms with Gasteiger partial charge in [0.05, 0.1) is 11.6 Å². The molecular formula is C26H28N2O5. The van der Waals surface area contributed by atoms with Gasteiger partial charge < -0.3 is 9.64 Å². The van der Waals surface area contributed by atoms with Crippen LogP contribution >= 0.6 is 0 Å². The molecule has 0 unspecified atom stereocenters. The first-order valence-corrected chi connectivity index (χ1v) is 11.4. The van der Waals surface area contributed by atoms with E-state index in [4.69, 9.17) is 4.74 Å². The van der Waals surface area contributed by atoms with E-state index < -0.39 is 11.9 Å². The maximum absolute atomic E-state index is 12.9. The average Bonchev–Trinajstić information content (AvgIpc) is 3.35. The van der Waals surface area contributed by atoms with Gasteiger partial charge in [0.25, 0.3) is 0 Å². The van der Waals surface area contributed by atoms with E-state index in [-0.39, 0.29) is 43.5 Å². The number of imide groups is 1. The second-order valence-corrected chi connectivity index (χ2v) is 8.53. The Bertz CT molecular complexity index is 1100. The Hall–Kier alpha value is -3.48. The fraction of sp³-hybridized carbons (Fsp3) is 0.385. The zero-order valence-corrected chi connectivity index (χ0v) is 19.2. The Balaban J connectivity index is 1.49. The number of nitrogens with zero attached hydrogens (tertiary/aromatic N) is 2. The maximum atomic E-state index is 12.9. The SMILES string of the molecule is CCc1cccc(CC)c1N1C[C@@H](C(=O)Oc2ccc(N3C(=O)CCC3=O)c(C)c2)CC1=O. The molecule has 33 heavy (non-hydrogen) atoms. The number of ether oxygens (including phenoxy) is 1. The van der Waals surface area contributed by atoms with Crippen LogP contribution in [0.25, 0.3) is 0 Å². The number of hydrogen-bond acceptors (Lipinski definition) is 5. The standard InChI is InChI=1S/C26H28N2O5/c1-4-17-7-6-8-18(5-2)25(17)27-15-19(14-24(27)31)26(32)33-20-9-10-21(16(3)13-20)28-22(29)11-12-23(28)30/h6-10,13,19H,4-5,11-12,14-15H2,1-3H3/t19-/m0/s1. The van der Waals surface area contributed by atoms with Crippen molar-refractivity contribution in [1.29, 1.82) is 0 Å². The van der Waals surface area contributed by atoms with E-state index in [0.29, 0.717) is 17.0 Å². The van der Waals surface area contributed by atoms with Crippen LogP contribution in [0.2, 0.25) is 0 Å². The first kappa shape index (κ1) is 22.7. The molecular weight excluding hydrogens is 420 g/mol. The van der Waals surface area contributed by atoms with Crippen LogP contribution in [0.15, 0.2) is 36.4 Å². The lowest BCUT2D eigenvalue weighted by atomic mass is 10.0. The van der Waals surface area contributed by atoms with E-state index in [1.54, 1.807) is 30.0 Å². The fourth-order valence-electron chi connectivity index (χ4n) is 4.63. The third kappa shape index (κ3) is 4.27. The van der Waals surface area contributed by atoms with E-state index in [1.807, 2.05) is 18.2 Å². The number of aryl methyl sites for hydroxylation is 3. The number of carbonyl (C=O) groups excluding carboxylic acids is 4. The van der Waals surface area contributed by atoms with Gasteiger partial charge in [0.15, 0.2) is 0 Å². The summed E-state index contributed by atoms with van der Waals surface area (Å²) in [5, 5.41) is 0. The molecule has 172 valence electrons. The minimum Gasteiger partial charge on any atom is -0.426 e.